The summed E-state index contributed by atoms with van der Waals surface area (Å²) in [6.45, 7) is 5.09. The smallest absolute Gasteiger partial charge is 0.0663 e. The molecule has 1 aliphatic rings. The Bertz CT molecular complexity index is 79.0. The van der Waals surface area contributed by atoms with Crippen LogP contribution in [0, 0.1) is 5.92 Å². The van der Waals surface area contributed by atoms with Gasteiger partial charge in [-0.2, -0.15) is 0 Å². The zero-order valence-electron chi connectivity index (χ0n) is 5.35. The van der Waals surface area contributed by atoms with Gasteiger partial charge in [-0.1, -0.05) is 0 Å². The highest BCUT2D eigenvalue weighted by molar-refractivity contribution is 4.81. The van der Waals surface area contributed by atoms with Crippen LogP contribution in [0.2, 0.25) is 0 Å². The number of hydrogen-bond donors (Lipinski definition) is 1. The molecule has 0 aromatic heterocycles. The lowest BCUT2D eigenvalue weighted by Crippen LogP contribution is -2.44. The van der Waals surface area contributed by atoms with Crippen molar-refractivity contribution in [2.45, 2.75) is 19.4 Å². The Kier molecular flexibility index (Phi) is 1.29. The minimum Gasteiger partial charge on any atom is -0.390 e. The topological polar surface area (TPSA) is 29.5 Å². The van der Waals surface area contributed by atoms with Crippen LogP contribution < -0.4 is 0 Å². The number of ether oxygens (including phenoxy) is 1. The van der Waals surface area contributed by atoms with Crippen LogP contribution in [0.25, 0.3) is 0 Å². The first-order valence-electron chi connectivity index (χ1n) is 2.91. The lowest BCUT2D eigenvalue weighted by Gasteiger charge is -2.35. The Balaban J connectivity index is 2.34. The SMILES string of the molecule is CC(C)(O)C1COC1. The maximum Gasteiger partial charge on any atom is 0.0663 e. The van der Waals surface area contributed by atoms with Crippen LogP contribution in [0.4, 0.5) is 0 Å². The lowest BCUT2D eigenvalue weighted by atomic mass is 9.90. The molecule has 0 aliphatic carbocycles. The van der Waals surface area contributed by atoms with Gasteiger partial charge < -0.3 is 9.84 Å². The highest BCUT2D eigenvalue weighted by Gasteiger charge is 2.32. The largest absolute Gasteiger partial charge is 0.390 e. The monoisotopic (exact) mass is 116 g/mol. The zero-order valence-corrected chi connectivity index (χ0v) is 5.35. The van der Waals surface area contributed by atoms with E-state index in [1.54, 1.807) is 0 Å². The molecule has 2 heteroatoms. The molecule has 0 aromatic rings. The van der Waals surface area contributed by atoms with E-state index >= 15 is 0 Å². The van der Waals surface area contributed by atoms with Crippen molar-refractivity contribution in [3.8, 4) is 0 Å². The van der Waals surface area contributed by atoms with E-state index in [1.165, 1.54) is 0 Å². The third kappa shape index (κ3) is 1.01. The molecule has 0 bridgehead atoms. The van der Waals surface area contributed by atoms with E-state index in [4.69, 9.17) is 4.74 Å². The Labute approximate surface area is 49.5 Å². The third-order valence-corrected chi connectivity index (χ3v) is 1.64. The van der Waals surface area contributed by atoms with E-state index in [2.05, 4.69) is 0 Å². The standard InChI is InChI=1S/C6H12O2/c1-6(2,7)5-3-8-4-5/h5,7H,3-4H2,1-2H3. The van der Waals surface area contributed by atoms with Gasteiger partial charge in [0.2, 0.25) is 0 Å². The van der Waals surface area contributed by atoms with Crippen LogP contribution in [-0.4, -0.2) is 23.9 Å². The van der Waals surface area contributed by atoms with Crippen molar-refractivity contribution in [2.75, 3.05) is 13.2 Å². The highest BCUT2D eigenvalue weighted by Crippen LogP contribution is 2.23. The van der Waals surface area contributed by atoms with Gasteiger partial charge in [0.15, 0.2) is 0 Å². The second-order valence-corrected chi connectivity index (χ2v) is 2.89. The lowest BCUT2D eigenvalue weighted by molar-refractivity contribution is -0.129. The number of aliphatic hydroxyl groups is 1. The molecule has 8 heavy (non-hydrogen) atoms. The van der Waals surface area contributed by atoms with E-state index in [9.17, 15) is 5.11 Å². The molecule has 1 N–H and O–H groups in total. The summed E-state index contributed by atoms with van der Waals surface area (Å²) >= 11 is 0. The Hall–Kier alpha value is -0.0800. The zero-order chi connectivity index (χ0) is 6.20. The molecule has 1 aliphatic heterocycles. The van der Waals surface area contributed by atoms with Crippen molar-refractivity contribution in [1.29, 1.82) is 0 Å². The Morgan fingerprint density at radius 1 is 1.50 bits per heavy atom. The molecular formula is C6H12O2. The van der Waals surface area contributed by atoms with E-state index in [0.29, 0.717) is 5.92 Å². The molecule has 1 rings (SSSR count). The van der Waals surface area contributed by atoms with Crippen molar-refractivity contribution < 1.29 is 9.84 Å². The summed E-state index contributed by atoms with van der Waals surface area (Å²) in [5.41, 5.74) is -0.530. The average molecular weight is 116 g/mol. The molecule has 0 amide bonds. The molecule has 48 valence electrons. The van der Waals surface area contributed by atoms with Crippen molar-refractivity contribution in [3.05, 3.63) is 0 Å². The van der Waals surface area contributed by atoms with Crippen molar-refractivity contribution in [3.63, 3.8) is 0 Å². The van der Waals surface area contributed by atoms with Gasteiger partial charge >= 0.3 is 0 Å². The number of rotatable bonds is 1. The van der Waals surface area contributed by atoms with Crippen molar-refractivity contribution in [2.24, 2.45) is 5.92 Å². The van der Waals surface area contributed by atoms with E-state index in [1.807, 2.05) is 13.8 Å². The van der Waals surface area contributed by atoms with Crippen LogP contribution in [0.3, 0.4) is 0 Å². The summed E-state index contributed by atoms with van der Waals surface area (Å²) in [6.07, 6.45) is 0. The molecule has 0 atom stereocenters. The van der Waals surface area contributed by atoms with Gasteiger partial charge in [0, 0.05) is 5.92 Å². The summed E-state index contributed by atoms with van der Waals surface area (Å²) in [5.74, 6) is 0.363. The second-order valence-electron chi connectivity index (χ2n) is 2.89. The molecule has 0 aromatic carbocycles. The Morgan fingerprint density at radius 2 is 2.00 bits per heavy atom. The van der Waals surface area contributed by atoms with Crippen molar-refractivity contribution in [1.82, 2.24) is 0 Å². The number of hydrogen-bond acceptors (Lipinski definition) is 2. The first-order chi connectivity index (χ1) is 3.61. The summed E-state index contributed by atoms with van der Waals surface area (Å²) in [7, 11) is 0. The molecular weight excluding hydrogens is 104 g/mol. The predicted molar refractivity (Wildman–Crippen MR) is 30.6 cm³/mol. The van der Waals surface area contributed by atoms with Crippen LogP contribution in [0.15, 0.2) is 0 Å². The molecule has 1 heterocycles. The second kappa shape index (κ2) is 1.71. The first kappa shape index (κ1) is 6.05. The summed E-state index contributed by atoms with van der Waals surface area (Å²) in [6, 6.07) is 0. The van der Waals surface area contributed by atoms with E-state index in [0.717, 1.165) is 13.2 Å². The molecule has 0 radical (unpaired) electrons. The maximum absolute atomic E-state index is 9.26. The minimum atomic E-state index is -0.530. The molecule has 0 spiro atoms. The van der Waals surface area contributed by atoms with Gasteiger partial charge in [-0.15, -0.1) is 0 Å². The van der Waals surface area contributed by atoms with Crippen LogP contribution in [0.1, 0.15) is 13.8 Å². The fraction of sp³-hybridized carbons (Fsp3) is 1.00. The molecule has 2 nitrogen and oxygen atoms in total. The van der Waals surface area contributed by atoms with Crippen LogP contribution in [0.5, 0.6) is 0 Å². The molecule has 1 saturated heterocycles. The van der Waals surface area contributed by atoms with Crippen LogP contribution in [-0.2, 0) is 4.74 Å². The highest BCUT2D eigenvalue weighted by atomic mass is 16.5. The summed E-state index contributed by atoms with van der Waals surface area (Å²) in [4.78, 5) is 0. The molecule has 1 fully saturated rings. The quantitative estimate of drug-likeness (QED) is 0.537. The van der Waals surface area contributed by atoms with Crippen LogP contribution >= 0.6 is 0 Å². The van der Waals surface area contributed by atoms with E-state index in [-0.39, 0.29) is 0 Å². The maximum atomic E-state index is 9.26. The normalized spacial score (nSPS) is 22.9. The third-order valence-electron chi connectivity index (χ3n) is 1.64. The van der Waals surface area contributed by atoms with Gasteiger partial charge in [0.25, 0.3) is 0 Å². The van der Waals surface area contributed by atoms with Gasteiger partial charge in [-0.3, -0.25) is 0 Å². The van der Waals surface area contributed by atoms with Gasteiger partial charge in [0.05, 0.1) is 18.8 Å². The van der Waals surface area contributed by atoms with E-state index < -0.39 is 5.60 Å². The predicted octanol–water partition coefficient (Wildman–Crippen LogP) is 0.404. The Morgan fingerprint density at radius 3 is 2.00 bits per heavy atom. The first-order valence-corrected chi connectivity index (χ1v) is 2.91. The fourth-order valence-corrected chi connectivity index (χ4v) is 0.644. The molecule has 0 unspecified atom stereocenters. The average Bonchev–Trinajstić information content (AvgIpc) is 1.16. The summed E-state index contributed by atoms with van der Waals surface area (Å²) in [5, 5.41) is 9.26. The van der Waals surface area contributed by atoms with Gasteiger partial charge in [-0.05, 0) is 13.8 Å². The van der Waals surface area contributed by atoms with Gasteiger partial charge in [0.1, 0.15) is 0 Å². The fourth-order valence-electron chi connectivity index (χ4n) is 0.644. The summed E-state index contributed by atoms with van der Waals surface area (Å²) < 4.78 is 4.90. The minimum absolute atomic E-state index is 0.363. The van der Waals surface area contributed by atoms with Crippen molar-refractivity contribution >= 4 is 0 Å². The molecule has 0 saturated carbocycles. The van der Waals surface area contributed by atoms with Gasteiger partial charge in [-0.25, -0.2) is 0 Å².